The normalized spacial score (nSPS) is 14.7. The van der Waals surface area contributed by atoms with Crippen LogP contribution in [0.25, 0.3) is 0 Å². The Balaban J connectivity index is 1.58. The van der Waals surface area contributed by atoms with E-state index in [9.17, 15) is 18.0 Å². The van der Waals surface area contributed by atoms with Crippen molar-refractivity contribution in [3.63, 3.8) is 0 Å². The molecular weight excluding hydrogens is 463 g/mol. The largest absolute Gasteiger partial charge is 0.418 e. The number of urea groups is 1. The van der Waals surface area contributed by atoms with Crippen molar-refractivity contribution < 1.29 is 18.0 Å². The topological polar surface area (TPSA) is 37.3 Å². The van der Waals surface area contributed by atoms with E-state index in [2.05, 4.69) is 5.32 Å². The molecular formula is C26H27ClF3N3O. The highest BCUT2D eigenvalue weighted by molar-refractivity contribution is 6.31. The van der Waals surface area contributed by atoms with Gasteiger partial charge in [-0.3, -0.25) is 0 Å². The summed E-state index contributed by atoms with van der Waals surface area (Å²) in [5.41, 5.74) is 0.764. The van der Waals surface area contributed by atoms with Gasteiger partial charge in [-0.1, -0.05) is 61.2 Å². The lowest BCUT2D eigenvalue weighted by molar-refractivity contribution is -0.136. The number of nitrogens with zero attached hydrogens (tertiary/aromatic N) is 2. The Morgan fingerprint density at radius 1 is 1.00 bits per heavy atom. The molecule has 1 saturated carbocycles. The smallest absolute Gasteiger partial charge is 0.345 e. The number of halogens is 4. The number of anilines is 1. The third-order valence-corrected chi connectivity index (χ3v) is 6.67. The SMILES string of the molecule is O=C(Nc1ccccc1C(F)(F)F)N(Cc1cccn1Cc1ccccc1Cl)C1CCCCC1. The Kier molecular flexibility index (Phi) is 7.51. The highest BCUT2D eigenvalue weighted by Gasteiger charge is 2.34. The van der Waals surface area contributed by atoms with Crippen LogP contribution in [0.4, 0.5) is 23.7 Å². The average molecular weight is 490 g/mol. The molecule has 0 spiro atoms. The van der Waals surface area contributed by atoms with Crippen LogP contribution in [0.2, 0.25) is 5.02 Å². The molecule has 1 aliphatic carbocycles. The fourth-order valence-electron chi connectivity index (χ4n) is 4.52. The summed E-state index contributed by atoms with van der Waals surface area (Å²) in [4.78, 5) is 15.0. The van der Waals surface area contributed by atoms with Crippen molar-refractivity contribution in [1.82, 2.24) is 9.47 Å². The zero-order valence-corrected chi connectivity index (χ0v) is 19.4. The van der Waals surface area contributed by atoms with Crippen LogP contribution in [0.3, 0.4) is 0 Å². The molecule has 2 aromatic carbocycles. The highest BCUT2D eigenvalue weighted by atomic mass is 35.5. The molecule has 0 saturated heterocycles. The van der Waals surface area contributed by atoms with Gasteiger partial charge in [0.1, 0.15) is 0 Å². The third-order valence-electron chi connectivity index (χ3n) is 6.30. The van der Waals surface area contributed by atoms with E-state index < -0.39 is 17.8 Å². The average Bonchev–Trinajstić information content (AvgIpc) is 3.26. The second-order valence-electron chi connectivity index (χ2n) is 8.61. The number of aromatic nitrogens is 1. The van der Waals surface area contributed by atoms with Gasteiger partial charge in [-0.05, 0) is 48.7 Å². The standard InChI is InChI=1S/C26H27ClF3N3O/c27-23-14-6-4-9-19(23)17-32-16-8-12-21(32)18-33(20-10-2-1-3-11-20)25(34)31-24-15-7-5-13-22(24)26(28,29)30/h4-9,12-16,20H,1-3,10-11,17-18H2,(H,31,34). The number of benzene rings is 2. The summed E-state index contributed by atoms with van der Waals surface area (Å²) >= 11 is 6.33. The van der Waals surface area contributed by atoms with E-state index in [4.69, 9.17) is 11.6 Å². The number of nitrogens with one attached hydrogen (secondary N) is 1. The van der Waals surface area contributed by atoms with Crippen molar-refractivity contribution in [1.29, 1.82) is 0 Å². The van der Waals surface area contributed by atoms with E-state index in [1.165, 1.54) is 18.2 Å². The molecule has 0 unspecified atom stereocenters. The maximum Gasteiger partial charge on any atom is 0.418 e. The molecule has 180 valence electrons. The first-order valence-electron chi connectivity index (χ1n) is 11.4. The number of hydrogen-bond donors (Lipinski definition) is 1. The predicted molar refractivity (Wildman–Crippen MR) is 128 cm³/mol. The van der Waals surface area contributed by atoms with E-state index in [-0.39, 0.29) is 11.7 Å². The van der Waals surface area contributed by atoms with Gasteiger partial charge in [0.05, 0.1) is 17.8 Å². The van der Waals surface area contributed by atoms with Gasteiger partial charge in [0.15, 0.2) is 0 Å². The number of amides is 2. The van der Waals surface area contributed by atoms with Gasteiger partial charge in [-0.2, -0.15) is 13.2 Å². The summed E-state index contributed by atoms with van der Waals surface area (Å²) in [7, 11) is 0. The monoisotopic (exact) mass is 489 g/mol. The lowest BCUT2D eigenvalue weighted by atomic mass is 9.94. The molecule has 1 aliphatic rings. The summed E-state index contributed by atoms with van der Waals surface area (Å²) in [5, 5.41) is 3.20. The third kappa shape index (κ3) is 5.76. The molecule has 1 N–H and O–H groups in total. The molecule has 8 heteroatoms. The summed E-state index contributed by atoms with van der Waals surface area (Å²) in [6.45, 7) is 0.835. The zero-order valence-electron chi connectivity index (χ0n) is 18.7. The highest BCUT2D eigenvalue weighted by Crippen LogP contribution is 2.35. The molecule has 1 aromatic heterocycles. The Morgan fingerprint density at radius 3 is 2.44 bits per heavy atom. The minimum atomic E-state index is -4.55. The molecule has 1 fully saturated rings. The molecule has 0 radical (unpaired) electrons. The van der Waals surface area contributed by atoms with Crippen molar-refractivity contribution in [3.05, 3.63) is 88.7 Å². The fourth-order valence-corrected chi connectivity index (χ4v) is 4.71. The first-order valence-corrected chi connectivity index (χ1v) is 11.8. The minimum absolute atomic E-state index is 0.0320. The maximum atomic E-state index is 13.5. The second kappa shape index (κ2) is 10.6. The molecule has 3 aromatic rings. The van der Waals surface area contributed by atoms with E-state index in [1.54, 1.807) is 4.90 Å². The second-order valence-corrected chi connectivity index (χ2v) is 9.02. The van der Waals surface area contributed by atoms with E-state index in [0.29, 0.717) is 18.1 Å². The van der Waals surface area contributed by atoms with Crippen molar-refractivity contribution in [2.24, 2.45) is 0 Å². The van der Waals surface area contributed by atoms with Gasteiger partial charge in [0.25, 0.3) is 0 Å². The quantitative estimate of drug-likeness (QED) is 0.381. The van der Waals surface area contributed by atoms with Gasteiger partial charge < -0.3 is 14.8 Å². The van der Waals surface area contributed by atoms with E-state index in [0.717, 1.165) is 49.4 Å². The van der Waals surface area contributed by atoms with E-state index >= 15 is 0 Å². The number of carbonyl (C=O) groups excluding carboxylic acids is 1. The number of hydrogen-bond acceptors (Lipinski definition) is 1. The molecule has 34 heavy (non-hydrogen) atoms. The minimum Gasteiger partial charge on any atom is -0.345 e. The van der Waals surface area contributed by atoms with E-state index in [1.807, 2.05) is 47.2 Å². The zero-order chi connectivity index (χ0) is 24.1. The Morgan fingerprint density at radius 2 is 1.71 bits per heavy atom. The van der Waals surface area contributed by atoms with Crippen LogP contribution in [0.5, 0.6) is 0 Å². The Labute approximate surface area is 202 Å². The number of rotatable bonds is 6. The summed E-state index contributed by atoms with van der Waals surface area (Å²) in [6, 6.07) is 15.9. The number of carbonyl (C=O) groups is 1. The lowest BCUT2D eigenvalue weighted by Gasteiger charge is -2.35. The van der Waals surface area contributed by atoms with Crippen LogP contribution in [-0.2, 0) is 19.3 Å². The summed E-state index contributed by atoms with van der Waals surface area (Å²) < 4.78 is 42.4. The first-order chi connectivity index (χ1) is 16.3. The van der Waals surface area contributed by atoms with Crippen molar-refractivity contribution in [2.75, 3.05) is 5.32 Å². The number of para-hydroxylation sites is 1. The molecule has 0 atom stereocenters. The molecule has 4 nitrogen and oxygen atoms in total. The van der Waals surface area contributed by atoms with Crippen LogP contribution < -0.4 is 5.32 Å². The van der Waals surface area contributed by atoms with Gasteiger partial charge in [0.2, 0.25) is 0 Å². The summed E-state index contributed by atoms with van der Waals surface area (Å²) in [6.07, 6.45) is 2.13. The molecule has 0 aliphatic heterocycles. The van der Waals surface area contributed by atoms with Crippen molar-refractivity contribution >= 4 is 23.3 Å². The fraction of sp³-hybridized carbons (Fsp3) is 0.346. The van der Waals surface area contributed by atoms with Crippen LogP contribution in [0.15, 0.2) is 66.9 Å². The van der Waals surface area contributed by atoms with Crippen molar-refractivity contribution in [3.8, 4) is 0 Å². The van der Waals surface area contributed by atoms with Crippen LogP contribution in [0.1, 0.15) is 48.9 Å². The van der Waals surface area contributed by atoms with Gasteiger partial charge in [-0.25, -0.2) is 4.79 Å². The predicted octanol–water partition coefficient (Wildman–Crippen LogP) is 7.58. The molecule has 1 heterocycles. The number of alkyl halides is 3. The maximum absolute atomic E-state index is 13.5. The summed E-state index contributed by atoms with van der Waals surface area (Å²) in [5.74, 6) is 0. The van der Waals surface area contributed by atoms with Crippen LogP contribution in [0, 0.1) is 0 Å². The van der Waals surface area contributed by atoms with Gasteiger partial charge in [0, 0.05) is 29.5 Å². The lowest BCUT2D eigenvalue weighted by Crippen LogP contribution is -2.44. The van der Waals surface area contributed by atoms with Gasteiger partial charge in [-0.15, -0.1) is 0 Å². The van der Waals surface area contributed by atoms with Crippen LogP contribution >= 0.6 is 11.6 Å². The Hall–Kier alpha value is -2.93. The molecule has 0 bridgehead atoms. The van der Waals surface area contributed by atoms with Gasteiger partial charge >= 0.3 is 12.2 Å². The van der Waals surface area contributed by atoms with Crippen molar-refractivity contribution in [2.45, 2.75) is 57.4 Å². The first kappa shape index (κ1) is 24.2. The Bertz CT molecular complexity index is 1120. The van der Waals surface area contributed by atoms with Crippen LogP contribution in [-0.4, -0.2) is 21.5 Å². The molecule has 2 amide bonds. The molecule has 4 rings (SSSR count).